The van der Waals surface area contributed by atoms with Crippen molar-refractivity contribution in [1.29, 1.82) is 0 Å². The average Bonchev–Trinajstić information content (AvgIpc) is 3.38. The molecule has 7 heteroatoms. The molecule has 0 spiro atoms. The Morgan fingerprint density at radius 2 is 2.15 bits per heavy atom. The number of aryl methyl sites for hydroxylation is 1. The van der Waals surface area contributed by atoms with E-state index in [0.29, 0.717) is 17.4 Å². The number of amides is 1. The summed E-state index contributed by atoms with van der Waals surface area (Å²) in [6, 6.07) is 9.73. The van der Waals surface area contributed by atoms with Gasteiger partial charge < -0.3 is 9.15 Å². The number of anilines is 1. The van der Waals surface area contributed by atoms with Crippen molar-refractivity contribution < 1.29 is 13.9 Å². The van der Waals surface area contributed by atoms with Gasteiger partial charge in [-0.25, -0.2) is 4.98 Å². The molecule has 3 heterocycles. The molecule has 27 heavy (non-hydrogen) atoms. The third-order valence-electron chi connectivity index (χ3n) is 4.80. The number of carbonyl (C=O) groups excluding carboxylic acids is 1. The summed E-state index contributed by atoms with van der Waals surface area (Å²) in [7, 11) is 0. The van der Waals surface area contributed by atoms with Crippen molar-refractivity contribution in [3.8, 4) is 0 Å². The monoisotopic (exact) mass is 385 g/mol. The molecule has 1 saturated heterocycles. The van der Waals surface area contributed by atoms with E-state index in [9.17, 15) is 4.79 Å². The summed E-state index contributed by atoms with van der Waals surface area (Å²) in [5, 5.41) is 0.716. The van der Waals surface area contributed by atoms with Gasteiger partial charge in [0.1, 0.15) is 0 Å². The van der Waals surface area contributed by atoms with Gasteiger partial charge in [0, 0.05) is 26.2 Å². The molecule has 2 aromatic heterocycles. The summed E-state index contributed by atoms with van der Waals surface area (Å²) in [5.41, 5.74) is 2.20. The second-order valence-electron chi connectivity index (χ2n) is 6.54. The maximum atomic E-state index is 13.0. The van der Waals surface area contributed by atoms with Gasteiger partial charge in [-0.2, -0.15) is 0 Å². The van der Waals surface area contributed by atoms with Crippen molar-refractivity contribution in [3.05, 3.63) is 47.9 Å². The Morgan fingerprint density at radius 1 is 1.30 bits per heavy atom. The van der Waals surface area contributed by atoms with Crippen LogP contribution in [-0.4, -0.2) is 55.2 Å². The Bertz CT molecular complexity index is 900. The number of nitrogens with zero attached hydrogens (tertiary/aromatic N) is 3. The Kier molecular flexibility index (Phi) is 5.52. The number of rotatable bonds is 6. The number of thiazole rings is 1. The Balaban J connectivity index is 1.61. The minimum atomic E-state index is -0.150. The van der Waals surface area contributed by atoms with E-state index >= 15 is 0 Å². The summed E-state index contributed by atoms with van der Waals surface area (Å²) >= 11 is 1.56. The zero-order chi connectivity index (χ0) is 18.6. The molecule has 0 unspecified atom stereocenters. The number of fused-ring (bicyclic) bond motifs is 1. The molecule has 3 aromatic rings. The van der Waals surface area contributed by atoms with E-state index < -0.39 is 0 Å². The fourth-order valence-electron chi connectivity index (χ4n) is 3.18. The summed E-state index contributed by atoms with van der Waals surface area (Å²) in [4.78, 5) is 21.8. The number of ether oxygens (including phenoxy) is 1. The van der Waals surface area contributed by atoms with Crippen molar-refractivity contribution in [2.24, 2.45) is 0 Å². The summed E-state index contributed by atoms with van der Waals surface area (Å²) in [6.45, 7) is 6.76. The van der Waals surface area contributed by atoms with Crippen molar-refractivity contribution >= 4 is 32.6 Å². The smallest absolute Gasteiger partial charge is 0.295 e. The standard InChI is InChI=1S/C20H23N3O3S/c1-2-15-5-6-16-18(14-15)27-20(21-16)23(19(24)17-4-3-11-26-17)8-7-22-9-12-25-13-10-22/h3-6,11,14H,2,7-10,12-13H2,1H3. The van der Waals surface area contributed by atoms with Gasteiger partial charge in [-0.05, 0) is 36.2 Å². The van der Waals surface area contributed by atoms with Gasteiger partial charge in [0.25, 0.3) is 5.91 Å². The summed E-state index contributed by atoms with van der Waals surface area (Å²) in [6.07, 6.45) is 2.51. The molecule has 1 amide bonds. The van der Waals surface area contributed by atoms with Gasteiger partial charge in [-0.1, -0.05) is 24.3 Å². The minimum Gasteiger partial charge on any atom is -0.459 e. The largest absolute Gasteiger partial charge is 0.459 e. The van der Waals surface area contributed by atoms with Crippen LogP contribution in [0, 0.1) is 0 Å². The van der Waals surface area contributed by atoms with E-state index in [1.54, 1.807) is 28.4 Å². The van der Waals surface area contributed by atoms with Crippen molar-refractivity contribution in [1.82, 2.24) is 9.88 Å². The first-order chi connectivity index (χ1) is 13.2. The molecule has 6 nitrogen and oxygen atoms in total. The number of furan rings is 1. The molecule has 1 fully saturated rings. The lowest BCUT2D eigenvalue weighted by Crippen LogP contribution is -2.43. The van der Waals surface area contributed by atoms with E-state index in [0.717, 1.165) is 49.5 Å². The highest BCUT2D eigenvalue weighted by Gasteiger charge is 2.24. The van der Waals surface area contributed by atoms with Crippen LogP contribution in [-0.2, 0) is 11.2 Å². The van der Waals surface area contributed by atoms with Gasteiger partial charge in [0.2, 0.25) is 0 Å². The van der Waals surface area contributed by atoms with E-state index in [2.05, 4.69) is 24.0 Å². The molecular formula is C20H23N3O3S. The molecule has 1 aliphatic heterocycles. The number of benzene rings is 1. The molecule has 0 radical (unpaired) electrons. The highest BCUT2D eigenvalue weighted by molar-refractivity contribution is 7.22. The molecule has 4 rings (SSSR count). The van der Waals surface area contributed by atoms with Crippen LogP contribution in [0.5, 0.6) is 0 Å². The normalized spacial score (nSPS) is 15.3. The van der Waals surface area contributed by atoms with Gasteiger partial charge in [0.15, 0.2) is 10.9 Å². The Morgan fingerprint density at radius 3 is 2.89 bits per heavy atom. The van der Waals surface area contributed by atoms with Crippen molar-refractivity contribution in [2.45, 2.75) is 13.3 Å². The minimum absolute atomic E-state index is 0.150. The Labute approximate surface area is 162 Å². The second kappa shape index (κ2) is 8.21. The number of aromatic nitrogens is 1. The van der Waals surface area contributed by atoms with Crippen LogP contribution in [0.4, 0.5) is 5.13 Å². The first kappa shape index (κ1) is 18.2. The SMILES string of the molecule is CCc1ccc2nc(N(CCN3CCOCC3)C(=O)c3ccco3)sc2c1. The zero-order valence-electron chi connectivity index (χ0n) is 15.4. The average molecular weight is 385 g/mol. The highest BCUT2D eigenvalue weighted by Crippen LogP contribution is 2.30. The maximum absolute atomic E-state index is 13.0. The van der Waals surface area contributed by atoms with E-state index in [-0.39, 0.29) is 5.91 Å². The maximum Gasteiger partial charge on any atom is 0.295 e. The van der Waals surface area contributed by atoms with E-state index in [1.165, 1.54) is 11.8 Å². The van der Waals surface area contributed by atoms with Crippen LogP contribution in [0.2, 0.25) is 0 Å². The number of hydrogen-bond donors (Lipinski definition) is 0. The number of morpholine rings is 1. The van der Waals surface area contributed by atoms with Gasteiger partial charge in [0.05, 0.1) is 29.7 Å². The van der Waals surface area contributed by atoms with Crippen LogP contribution in [0.15, 0.2) is 41.0 Å². The predicted molar refractivity (Wildman–Crippen MR) is 107 cm³/mol. The lowest BCUT2D eigenvalue weighted by Gasteiger charge is -2.28. The molecule has 142 valence electrons. The first-order valence-corrected chi connectivity index (χ1v) is 10.1. The first-order valence-electron chi connectivity index (χ1n) is 9.29. The van der Waals surface area contributed by atoms with E-state index in [1.807, 2.05) is 6.07 Å². The third-order valence-corrected chi connectivity index (χ3v) is 5.84. The molecule has 1 aliphatic rings. The van der Waals surface area contributed by atoms with Gasteiger partial charge in [-0.15, -0.1) is 0 Å². The zero-order valence-corrected chi connectivity index (χ0v) is 16.2. The van der Waals surface area contributed by atoms with Crippen molar-refractivity contribution in [3.63, 3.8) is 0 Å². The molecule has 0 N–H and O–H groups in total. The molecular weight excluding hydrogens is 362 g/mol. The quantitative estimate of drug-likeness (QED) is 0.651. The van der Waals surface area contributed by atoms with Crippen LogP contribution in [0.1, 0.15) is 23.0 Å². The van der Waals surface area contributed by atoms with E-state index in [4.69, 9.17) is 14.1 Å². The molecule has 0 saturated carbocycles. The van der Waals surface area contributed by atoms with Crippen LogP contribution in [0.25, 0.3) is 10.2 Å². The van der Waals surface area contributed by atoms with Gasteiger partial charge in [-0.3, -0.25) is 14.6 Å². The predicted octanol–water partition coefficient (Wildman–Crippen LogP) is 3.43. The fourth-order valence-corrected chi connectivity index (χ4v) is 4.23. The Hall–Kier alpha value is -2.22. The molecule has 0 atom stereocenters. The summed E-state index contributed by atoms with van der Waals surface area (Å²) in [5.74, 6) is 0.188. The van der Waals surface area contributed by atoms with Crippen LogP contribution >= 0.6 is 11.3 Å². The summed E-state index contributed by atoms with van der Waals surface area (Å²) < 4.78 is 11.9. The van der Waals surface area contributed by atoms with Crippen LogP contribution < -0.4 is 4.90 Å². The fraction of sp³-hybridized carbons (Fsp3) is 0.400. The lowest BCUT2D eigenvalue weighted by molar-refractivity contribution is 0.0390. The highest BCUT2D eigenvalue weighted by atomic mass is 32.1. The molecule has 1 aromatic carbocycles. The van der Waals surface area contributed by atoms with Gasteiger partial charge >= 0.3 is 0 Å². The number of carbonyl (C=O) groups is 1. The number of hydrogen-bond acceptors (Lipinski definition) is 6. The van der Waals surface area contributed by atoms with Crippen molar-refractivity contribution in [2.75, 3.05) is 44.3 Å². The van der Waals surface area contributed by atoms with Crippen LogP contribution in [0.3, 0.4) is 0 Å². The molecule has 0 bridgehead atoms. The lowest BCUT2D eigenvalue weighted by atomic mass is 10.2. The second-order valence-corrected chi connectivity index (χ2v) is 7.55. The topological polar surface area (TPSA) is 58.8 Å². The third kappa shape index (κ3) is 4.05. The molecule has 0 aliphatic carbocycles.